The van der Waals surface area contributed by atoms with Crippen molar-refractivity contribution in [3.8, 4) is 0 Å². The molecule has 1 aliphatic rings. The van der Waals surface area contributed by atoms with Gasteiger partial charge in [0.05, 0.1) is 0 Å². The Morgan fingerprint density at radius 1 is 0.900 bits per heavy atom. The minimum absolute atomic E-state index is 0.434. The quantitative estimate of drug-likeness (QED) is 0.587. The van der Waals surface area contributed by atoms with Gasteiger partial charge in [0.1, 0.15) is 0 Å². The highest BCUT2D eigenvalue weighted by molar-refractivity contribution is 4.89. The summed E-state index contributed by atoms with van der Waals surface area (Å²) in [6, 6.07) is 0.450. The van der Waals surface area contributed by atoms with E-state index in [-0.39, 0.29) is 0 Å². The van der Waals surface area contributed by atoms with Crippen molar-refractivity contribution in [3.05, 3.63) is 0 Å². The van der Waals surface area contributed by atoms with Crippen molar-refractivity contribution in [2.24, 2.45) is 5.73 Å². The molecule has 2 heteroatoms. The second kappa shape index (κ2) is 9.78. The fraction of sp³-hybridized carbons (Fsp3) is 1.00. The minimum atomic E-state index is 0.434. The molecule has 0 saturated carbocycles. The van der Waals surface area contributed by atoms with E-state index in [0.29, 0.717) is 11.6 Å². The number of rotatable bonds is 10. The number of likely N-dealkylation sites (tertiary alicyclic amines) is 1. The van der Waals surface area contributed by atoms with Crippen molar-refractivity contribution in [2.45, 2.75) is 103 Å². The Labute approximate surface area is 127 Å². The Morgan fingerprint density at radius 3 is 1.95 bits per heavy atom. The molecule has 20 heavy (non-hydrogen) atoms. The van der Waals surface area contributed by atoms with Crippen molar-refractivity contribution in [1.82, 2.24) is 4.90 Å². The molecule has 1 rings (SSSR count). The van der Waals surface area contributed by atoms with Gasteiger partial charge in [0.2, 0.25) is 0 Å². The van der Waals surface area contributed by atoms with Gasteiger partial charge in [-0.1, -0.05) is 58.8 Å². The summed E-state index contributed by atoms with van der Waals surface area (Å²) >= 11 is 0. The minimum Gasteiger partial charge on any atom is -0.328 e. The Balaban J connectivity index is 2.48. The first-order valence-electron chi connectivity index (χ1n) is 9.13. The van der Waals surface area contributed by atoms with Crippen LogP contribution >= 0.6 is 0 Å². The van der Waals surface area contributed by atoms with Gasteiger partial charge in [0, 0.05) is 24.7 Å². The van der Waals surface area contributed by atoms with Crippen LogP contribution in [0.4, 0.5) is 0 Å². The van der Waals surface area contributed by atoms with Gasteiger partial charge in [-0.2, -0.15) is 0 Å². The molecule has 1 saturated heterocycles. The maximum Gasteiger partial charge on any atom is 0.0181 e. The number of nitrogens with zero attached hydrogens (tertiary/aromatic N) is 1. The van der Waals surface area contributed by atoms with Crippen LogP contribution in [0.2, 0.25) is 0 Å². The molecule has 120 valence electrons. The maximum absolute atomic E-state index is 6.07. The first-order valence-corrected chi connectivity index (χ1v) is 9.13. The number of hydrogen-bond donors (Lipinski definition) is 1. The predicted molar refractivity (Wildman–Crippen MR) is 90.1 cm³/mol. The topological polar surface area (TPSA) is 29.3 Å². The van der Waals surface area contributed by atoms with E-state index in [1.54, 1.807) is 0 Å². The van der Waals surface area contributed by atoms with E-state index in [9.17, 15) is 0 Å². The summed E-state index contributed by atoms with van der Waals surface area (Å²) < 4.78 is 0. The molecule has 2 nitrogen and oxygen atoms in total. The average Bonchev–Trinajstić information content (AvgIpc) is 2.45. The van der Waals surface area contributed by atoms with Crippen molar-refractivity contribution in [2.75, 3.05) is 13.1 Å². The third-order valence-electron chi connectivity index (χ3n) is 5.19. The van der Waals surface area contributed by atoms with Crippen LogP contribution in [0.3, 0.4) is 0 Å². The van der Waals surface area contributed by atoms with Crippen LogP contribution in [0.15, 0.2) is 0 Å². The lowest BCUT2D eigenvalue weighted by molar-refractivity contribution is 0.0556. The second-order valence-electron chi connectivity index (χ2n) is 7.09. The molecule has 0 aromatic rings. The van der Waals surface area contributed by atoms with Crippen molar-refractivity contribution in [1.29, 1.82) is 0 Å². The second-order valence-corrected chi connectivity index (χ2v) is 7.09. The van der Waals surface area contributed by atoms with Gasteiger partial charge in [-0.25, -0.2) is 0 Å². The monoisotopic (exact) mass is 282 g/mol. The third kappa shape index (κ3) is 6.13. The molecule has 2 N–H and O–H groups in total. The van der Waals surface area contributed by atoms with Crippen LogP contribution in [0.1, 0.15) is 91.4 Å². The molecular formula is C18H38N2. The SMILES string of the molecule is CCCCCCC(C)(CCCCC)N1CCC(N)CC1. The lowest BCUT2D eigenvalue weighted by Gasteiger charge is -2.45. The average molecular weight is 283 g/mol. The molecule has 1 heterocycles. The summed E-state index contributed by atoms with van der Waals surface area (Å²) in [5, 5.41) is 0. The lowest BCUT2D eigenvalue weighted by Crippen LogP contribution is -2.52. The van der Waals surface area contributed by atoms with Gasteiger partial charge >= 0.3 is 0 Å². The molecule has 0 aromatic heterocycles. The summed E-state index contributed by atoms with van der Waals surface area (Å²) in [5.74, 6) is 0. The van der Waals surface area contributed by atoms with Gasteiger partial charge in [-0.15, -0.1) is 0 Å². The molecule has 0 aromatic carbocycles. The van der Waals surface area contributed by atoms with Crippen molar-refractivity contribution < 1.29 is 0 Å². The van der Waals surface area contributed by atoms with E-state index in [2.05, 4.69) is 25.7 Å². The van der Waals surface area contributed by atoms with E-state index >= 15 is 0 Å². The van der Waals surface area contributed by atoms with Gasteiger partial charge in [-0.3, -0.25) is 4.90 Å². The molecule has 1 fully saturated rings. The molecule has 1 aliphatic heterocycles. The summed E-state index contributed by atoms with van der Waals surface area (Å²) in [6.07, 6.45) is 14.8. The van der Waals surface area contributed by atoms with Crippen molar-refractivity contribution in [3.63, 3.8) is 0 Å². The van der Waals surface area contributed by atoms with Crippen LogP contribution in [-0.4, -0.2) is 29.6 Å². The number of hydrogen-bond acceptors (Lipinski definition) is 2. The van der Waals surface area contributed by atoms with Gasteiger partial charge in [-0.05, 0) is 32.6 Å². The van der Waals surface area contributed by atoms with Crippen LogP contribution < -0.4 is 5.73 Å². The molecule has 1 atom stereocenters. The first kappa shape index (κ1) is 18.0. The zero-order valence-electron chi connectivity index (χ0n) is 14.3. The molecule has 0 spiro atoms. The van der Waals surface area contributed by atoms with E-state index < -0.39 is 0 Å². The number of piperidine rings is 1. The summed E-state index contributed by atoms with van der Waals surface area (Å²) in [6.45, 7) is 9.56. The molecule has 0 amide bonds. The predicted octanol–water partition coefficient (Wildman–Crippen LogP) is 4.72. The normalized spacial score (nSPS) is 21.0. The fourth-order valence-electron chi connectivity index (χ4n) is 3.57. The standard InChI is InChI=1S/C18H38N2/c1-4-6-8-10-14-18(3,13-9-7-5-2)20-15-11-17(19)12-16-20/h17H,4-16,19H2,1-3H3. The highest BCUT2D eigenvalue weighted by Crippen LogP contribution is 2.31. The zero-order valence-corrected chi connectivity index (χ0v) is 14.3. The van der Waals surface area contributed by atoms with E-state index in [0.717, 1.165) is 0 Å². The molecule has 1 unspecified atom stereocenters. The Kier molecular flexibility index (Phi) is 8.79. The summed E-state index contributed by atoms with van der Waals surface area (Å²) in [4.78, 5) is 2.76. The molecule has 0 bridgehead atoms. The maximum atomic E-state index is 6.07. The third-order valence-corrected chi connectivity index (χ3v) is 5.19. The number of nitrogens with two attached hydrogens (primary N) is 1. The Hall–Kier alpha value is -0.0800. The molecule has 0 radical (unpaired) electrons. The van der Waals surface area contributed by atoms with E-state index in [1.165, 1.54) is 83.7 Å². The van der Waals surface area contributed by atoms with Gasteiger partial charge < -0.3 is 5.73 Å². The first-order chi connectivity index (χ1) is 9.62. The smallest absolute Gasteiger partial charge is 0.0181 e. The molecule has 0 aliphatic carbocycles. The Bertz CT molecular complexity index is 234. The van der Waals surface area contributed by atoms with Crippen LogP contribution in [0.5, 0.6) is 0 Å². The lowest BCUT2D eigenvalue weighted by atomic mass is 9.84. The highest BCUT2D eigenvalue weighted by atomic mass is 15.2. The largest absolute Gasteiger partial charge is 0.328 e. The van der Waals surface area contributed by atoms with Crippen molar-refractivity contribution >= 4 is 0 Å². The zero-order chi connectivity index (χ0) is 14.8. The number of unbranched alkanes of at least 4 members (excludes halogenated alkanes) is 5. The van der Waals surface area contributed by atoms with Gasteiger partial charge in [0.15, 0.2) is 0 Å². The van der Waals surface area contributed by atoms with Crippen LogP contribution in [0, 0.1) is 0 Å². The molecular weight excluding hydrogens is 244 g/mol. The van der Waals surface area contributed by atoms with E-state index in [4.69, 9.17) is 5.73 Å². The van der Waals surface area contributed by atoms with E-state index in [1.807, 2.05) is 0 Å². The Morgan fingerprint density at radius 2 is 1.40 bits per heavy atom. The summed E-state index contributed by atoms with van der Waals surface area (Å²) in [5.41, 5.74) is 6.51. The van der Waals surface area contributed by atoms with Crippen LogP contribution in [-0.2, 0) is 0 Å². The van der Waals surface area contributed by atoms with Crippen LogP contribution in [0.25, 0.3) is 0 Å². The fourth-order valence-corrected chi connectivity index (χ4v) is 3.57. The summed E-state index contributed by atoms with van der Waals surface area (Å²) in [7, 11) is 0. The van der Waals surface area contributed by atoms with Gasteiger partial charge in [0.25, 0.3) is 0 Å². The highest BCUT2D eigenvalue weighted by Gasteiger charge is 2.32.